The van der Waals surface area contributed by atoms with Gasteiger partial charge in [-0.2, -0.15) is 0 Å². The third-order valence-electron chi connectivity index (χ3n) is 2.46. The van der Waals surface area contributed by atoms with Crippen LogP contribution in [0.5, 0.6) is 0 Å². The fraction of sp³-hybridized carbons (Fsp3) is 0.231. The molecule has 6 nitrogen and oxygen atoms in total. The Morgan fingerprint density at radius 3 is 2.85 bits per heavy atom. The summed E-state index contributed by atoms with van der Waals surface area (Å²) in [7, 11) is 0. The number of nitrogens with zero attached hydrogens (tertiary/aromatic N) is 2. The Morgan fingerprint density at radius 1 is 1.45 bits per heavy atom. The van der Waals surface area contributed by atoms with Crippen molar-refractivity contribution in [1.82, 2.24) is 15.0 Å². The Morgan fingerprint density at radius 2 is 2.25 bits per heavy atom. The molecule has 2 heterocycles. The van der Waals surface area contributed by atoms with E-state index >= 15 is 0 Å². The molecule has 20 heavy (non-hydrogen) atoms. The van der Waals surface area contributed by atoms with Crippen LogP contribution in [0, 0.1) is 0 Å². The molecule has 0 saturated heterocycles. The zero-order valence-electron chi connectivity index (χ0n) is 10.8. The Hall–Kier alpha value is -2.15. The van der Waals surface area contributed by atoms with E-state index in [1.54, 1.807) is 6.07 Å². The molecule has 0 atom stereocenters. The molecular formula is C13H13N3O3S. The highest BCUT2D eigenvalue weighted by molar-refractivity contribution is 7.99. The summed E-state index contributed by atoms with van der Waals surface area (Å²) in [6, 6.07) is 4.53. The summed E-state index contributed by atoms with van der Waals surface area (Å²) in [4.78, 5) is 33.2. The topological polar surface area (TPSA) is 95.9 Å². The summed E-state index contributed by atoms with van der Waals surface area (Å²) in [6.07, 6.45) is 2.92. The highest BCUT2D eigenvalue weighted by atomic mass is 32.2. The molecular weight excluding hydrogens is 278 g/mol. The van der Waals surface area contributed by atoms with E-state index in [-0.39, 0.29) is 11.1 Å². The zero-order valence-corrected chi connectivity index (χ0v) is 11.6. The molecule has 0 fully saturated rings. The van der Waals surface area contributed by atoms with Crippen LogP contribution in [0.15, 0.2) is 39.4 Å². The van der Waals surface area contributed by atoms with Crippen molar-refractivity contribution in [2.45, 2.75) is 29.9 Å². The number of aromatic nitrogens is 3. The van der Waals surface area contributed by atoms with Gasteiger partial charge in [-0.15, -0.1) is 0 Å². The van der Waals surface area contributed by atoms with Gasteiger partial charge >= 0.3 is 5.97 Å². The Bertz CT molecular complexity index is 667. The summed E-state index contributed by atoms with van der Waals surface area (Å²) in [6.45, 7) is 2.02. The maximum absolute atomic E-state index is 11.5. The minimum absolute atomic E-state index is 0.121. The highest BCUT2D eigenvalue weighted by Crippen LogP contribution is 2.21. The molecule has 104 valence electrons. The van der Waals surface area contributed by atoms with E-state index in [2.05, 4.69) is 15.0 Å². The van der Waals surface area contributed by atoms with E-state index in [0.717, 1.165) is 18.5 Å². The van der Waals surface area contributed by atoms with Gasteiger partial charge in [0, 0.05) is 18.0 Å². The zero-order chi connectivity index (χ0) is 14.5. The maximum Gasteiger partial charge on any atom is 0.337 e. The minimum Gasteiger partial charge on any atom is -0.478 e. The summed E-state index contributed by atoms with van der Waals surface area (Å²) in [5, 5.41) is 9.82. The second-order valence-corrected chi connectivity index (χ2v) is 5.09. The van der Waals surface area contributed by atoms with Gasteiger partial charge in [0.1, 0.15) is 5.03 Å². The fourth-order valence-electron chi connectivity index (χ4n) is 1.58. The number of aromatic amines is 1. The predicted octanol–water partition coefficient (Wildman–Crippen LogP) is 1.97. The van der Waals surface area contributed by atoms with Gasteiger partial charge in [-0.05, 0) is 30.3 Å². The van der Waals surface area contributed by atoms with Crippen LogP contribution in [0.2, 0.25) is 0 Å². The largest absolute Gasteiger partial charge is 0.478 e. The van der Waals surface area contributed by atoms with Crippen molar-refractivity contribution < 1.29 is 9.90 Å². The van der Waals surface area contributed by atoms with Crippen LogP contribution >= 0.6 is 11.8 Å². The Labute approximate surface area is 119 Å². The van der Waals surface area contributed by atoms with Crippen LogP contribution in [0.4, 0.5) is 0 Å². The fourth-order valence-corrected chi connectivity index (χ4v) is 2.34. The first-order valence-corrected chi connectivity index (χ1v) is 6.87. The number of carbonyl (C=O) groups is 1. The molecule has 0 bridgehead atoms. The summed E-state index contributed by atoms with van der Waals surface area (Å²) >= 11 is 1.19. The molecule has 2 N–H and O–H groups in total. The lowest BCUT2D eigenvalue weighted by atomic mass is 10.2. The molecule has 0 aliphatic rings. The van der Waals surface area contributed by atoms with Crippen molar-refractivity contribution in [2.24, 2.45) is 0 Å². The van der Waals surface area contributed by atoms with Crippen LogP contribution in [0.3, 0.4) is 0 Å². The van der Waals surface area contributed by atoms with Crippen molar-refractivity contribution in [3.8, 4) is 0 Å². The number of carboxylic acid groups (broad SMARTS) is 1. The van der Waals surface area contributed by atoms with Gasteiger partial charge in [-0.25, -0.2) is 14.8 Å². The Balaban J connectivity index is 2.20. The number of hydrogen-bond donors (Lipinski definition) is 2. The van der Waals surface area contributed by atoms with Crippen molar-refractivity contribution in [1.29, 1.82) is 0 Å². The van der Waals surface area contributed by atoms with Gasteiger partial charge in [0.05, 0.1) is 5.56 Å². The van der Waals surface area contributed by atoms with E-state index in [4.69, 9.17) is 5.11 Å². The molecule has 0 unspecified atom stereocenters. The smallest absolute Gasteiger partial charge is 0.337 e. The van der Waals surface area contributed by atoms with Gasteiger partial charge in [-0.3, -0.25) is 4.79 Å². The van der Waals surface area contributed by atoms with E-state index < -0.39 is 5.97 Å². The molecule has 0 aliphatic heterocycles. The number of rotatable bonds is 5. The van der Waals surface area contributed by atoms with Crippen LogP contribution < -0.4 is 5.56 Å². The lowest BCUT2D eigenvalue weighted by Crippen LogP contribution is -2.09. The SMILES string of the molecule is CCCc1cc(=O)[nH]c(Sc2ccc(C(=O)O)cn2)n1. The van der Waals surface area contributed by atoms with E-state index in [0.29, 0.717) is 10.2 Å². The van der Waals surface area contributed by atoms with Crippen molar-refractivity contribution in [3.05, 3.63) is 46.0 Å². The Kier molecular flexibility index (Phi) is 4.52. The molecule has 0 saturated carbocycles. The molecule has 0 aromatic carbocycles. The van der Waals surface area contributed by atoms with Crippen LogP contribution in [0.1, 0.15) is 29.4 Å². The standard InChI is InChI=1S/C13H13N3O3S/c1-2-3-9-6-10(17)16-13(15-9)20-11-5-4-8(7-14-11)12(18)19/h4-7H,2-3H2,1H3,(H,18,19)(H,15,16,17). The molecule has 0 spiro atoms. The third-order valence-corrected chi connectivity index (χ3v) is 3.30. The van der Waals surface area contributed by atoms with E-state index in [9.17, 15) is 9.59 Å². The minimum atomic E-state index is -1.02. The quantitative estimate of drug-likeness (QED) is 0.818. The lowest BCUT2D eigenvalue weighted by molar-refractivity contribution is 0.0696. The first kappa shape index (κ1) is 14.3. The second-order valence-electron chi connectivity index (χ2n) is 4.08. The van der Waals surface area contributed by atoms with E-state index in [1.807, 2.05) is 6.92 Å². The van der Waals surface area contributed by atoms with Crippen LogP contribution in [-0.2, 0) is 6.42 Å². The number of hydrogen-bond acceptors (Lipinski definition) is 5. The molecule has 2 rings (SSSR count). The number of nitrogens with one attached hydrogen (secondary N) is 1. The molecule has 7 heteroatoms. The number of aromatic carboxylic acids is 1. The van der Waals surface area contributed by atoms with E-state index in [1.165, 1.54) is 30.1 Å². The predicted molar refractivity (Wildman–Crippen MR) is 74.2 cm³/mol. The lowest BCUT2D eigenvalue weighted by Gasteiger charge is -2.03. The monoisotopic (exact) mass is 291 g/mol. The first-order valence-electron chi connectivity index (χ1n) is 6.06. The van der Waals surface area contributed by atoms with Gasteiger partial charge < -0.3 is 10.1 Å². The summed E-state index contributed by atoms with van der Waals surface area (Å²) in [5.41, 5.74) is 0.657. The number of H-pyrrole nitrogens is 1. The molecule has 2 aromatic rings. The second kappa shape index (κ2) is 6.33. The van der Waals surface area contributed by atoms with Crippen LogP contribution in [-0.4, -0.2) is 26.0 Å². The molecule has 2 aromatic heterocycles. The summed E-state index contributed by atoms with van der Waals surface area (Å²) in [5.74, 6) is -1.02. The van der Waals surface area contributed by atoms with Gasteiger partial charge in [0.2, 0.25) is 0 Å². The summed E-state index contributed by atoms with van der Waals surface area (Å²) < 4.78 is 0. The van der Waals surface area contributed by atoms with Crippen molar-refractivity contribution >= 4 is 17.7 Å². The van der Waals surface area contributed by atoms with Crippen molar-refractivity contribution in [2.75, 3.05) is 0 Å². The highest BCUT2D eigenvalue weighted by Gasteiger charge is 2.06. The average Bonchev–Trinajstić information content (AvgIpc) is 2.39. The normalized spacial score (nSPS) is 10.4. The average molecular weight is 291 g/mol. The number of carboxylic acids is 1. The molecule has 0 radical (unpaired) electrons. The van der Waals surface area contributed by atoms with Gasteiger partial charge in [0.25, 0.3) is 5.56 Å². The maximum atomic E-state index is 11.5. The number of pyridine rings is 1. The third kappa shape index (κ3) is 3.67. The number of aryl methyl sites for hydroxylation is 1. The van der Waals surface area contributed by atoms with Gasteiger partial charge in [-0.1, -0.05) is 13.3 Å². The first-order chi connectivity index (χ1) is 9.58. The molecule has 0 amide bonds. The molecule has 0 aliphatic carbocycles. The van der Waals surface area contributed by atoms with Gasteiger partial charge in [0.15, 0.2) is 5.16 Å². The van der Waals surface area contributed by atoms with Crippen LogP contribution in [0.25, 0.3) is 0 Å². The van der Waals surface area contributed by atoms with Crippen molar-refractivity contribution in [3.63, 3.8) is 0 Å².